The Kier molecular flexibility index (Phi) is 3.96. The van der Waals surface area contributed by atoms with E-state index in [-0.39, 0.29) is 18.7 Å². The number of carbonyl (C=O) groups is 1. The van der Waals surface area contributed by atoms with Crippen LogP contribution in [0.25, 0.3) is 0 Å². The molecule has 5 heteroatoms. The summed E-state index contributed by atoms with van der Waals surface area (Å²) in [6.07, 6.45) is 3.83. The molecule has 1 amide bonds. The Morgan fingerprint density at radius 3 is 2.73 bits per heavy atom. The number of nitrogens with zero attached hydrogens (tertiary/aromatic N) is 1. The SMILES string of the molecule is Cc1cc[n+]([C@H](C)C(=O)NCc2ccc3c(c2)OCO3)cc1. The Hall–Kier alpha value is -2.56. The van der Waals surface area contributed by atoms with Gasteiger partial charge in [0.2, 0.25) is 12.8 Å². The largest absolute Gasteiger partial charge is 0.454 e. The zero-order valence-corrected chi connectivity index (χ0v) is 12.7. The normalized spacial score (nSPS) is 13.7. The van der Waals surface area contributed by atoms with Gasteiger partial charge in [0, 0.05) is 25.6 Å². The number of carbonyl (C=O) groups excluding carboxylic acids is 1. The molecule has 0 saturated heterocycles. The molecule has 3 rings (SSSR count). The van der Waals surface area contributed by atoms with Gasteiger partial charge in [-0.3, -0.25) is 4.79 Å². The number of fused-ring (bicyclic) bond motifs is 1. The van der Waals surface area contributed by atoms with Gasteiger partial charge in [-0.25, -0.2) is 0 Å². The van der Waals surface area contributed by atoms with Gasteiger partial charge in [-0.2, -0.15) is 4.57 Å². The summed E-state index contributed by atoms with van der Waals surface area (Å²) in [4.78, 5) is 12.2. The number of hydrogen-bond donors (Lipinski definition) is 1. The number of aryl methyl sites for hydroxylation is 1. The van der Waals surface area contributed by atoms with Crippen LogP contribution in [-0.2, 0) is 11.3 Å². The van der Waals surface area contributed by atoms with Gasteiger partial charge in [0.15, 0.2) is 23.9 Å². The molecular weight excluding hydrogens is 280 g/mol. The van der Waals surface area contributed by atoms with E-state index in [9.17, 15) is 4.79 Å². The van der Waals surface area contributed by atoms with Crippen LogP contribution in [0.1, 0.15) is 24.1 Å². The van der Waals surface area contributed by atoms with Crippen LogP contribution in [0.5, 0.6) is 11.5 Å². The molecule has 0 aliphatic carbocycles. The fourth-order valence-corrected chi connectivity index (χ4v) is 2.29. The minimum Gasteiger partial charge on any atom is -0.454 e. The first-order valence-electron chi connectivity index (χ1n) is 7.27. The van der Waals surface area contributed by atoms with Crippen LogP contribution in [0, 0.1) is 6.92 Å². The first kappa shape index (κ1) is 14.4. The number of rotatable bonds is 4. The number of ether oxygens (including phenoxy) is 2. The molecule has 0 fully saturated rings. The third kappa shape index (κ3) is 3.03. The predicted molar refractivity (Wildman–Crippen MR) is 80.5 cm³/mol. The molecule has 5 nitrogen and oxygen atoms in total. The van der Waals surface area contributed by atoms with Crippen molar-refractivity contribution in [1.82, 2.24) is 5.32 Å². The van der Waals surface area contributed by atoms with Crippen molar-refractivity contribution < 1.29 is 18.8 Å². The number of amides is 1. The predicted octanol–water partition coefficient (Wildman–Crippen LogP) is 1.89. The molecular formula is C17H19N2O3+. The van der Waals surface area contributed by atoms with Gasteiger partial charge in [-0.05, 0) is 30.2 Å². The van der Waals surface area contributed by atoms with Crippen LogP contribution in [0.15, 0.2) is 42.7 Å². The van der Waals surface area contributed by atoms with Gasteiger partial charge in [0.05, 0.1) is 0 Å². The zero-order valence-electron chi connectivity index (χ0n) is 12.7. The molecule has 0 unspecified atom stereocenters. The summed E-state index contributed by atoms with van der Waals surface area (Å²) >= 11 is 0. The maximum absolute atomic E-state index is 12.2. The molecule has 1 N–H and O–H groups in total. The van der Waals surface area contributed by atoms with E-state index in [1.807, 2.05) is 61.1 Å². The first-order chi connectivity index (χ1) is 10.6. The van der Waals surface area contributed by atoms with E-state index in [0.717, 1.165) is 17.1 Å². The van der Waals surface area contributed by atoms with Crippen LogP contribution >= 0.6 is 0 Å². The molecule has 0 saturated carbocycles. The van der Waals surface area contributed by atoms with Crippen molar-refractivity contribution in [2.45, 2.75) is 26.4 Å². The van der Waals surface area contributed by atoms with Crippen molar-refractivity contribution >= 4 is 5.91 Å². The van der Waals surface area contributed by atoms with Crippen molar-refractivity contribution in [3.05, 3.63) is 53.9 Å². The number of hydrogen-bond acceptors (Lipinski definition) is 3. The van der Waals surface area contributed by atoms with E-state index >= 15 is 0 Å². The van der Waals surface area contributed by atoms with E-state index in [0.29, 0.717) is 6.54 Å². The maximum atomic E-state index is 12.2. The molecule has 114 valence electrons. The summed E-state index contributed by atoms with van der Waals surface area (Å²) in [5.41, 5.74) is 2.16. The molecule has 0 spiro atoms. The molecule has 22 heavy (non-hydrogen) atoms. The Morgan fingerprint density at radius 2 is 1.95 bits per heavy atom. The van der Waals surface area contributed by atoms with Crippen LogP contribution in [0.2, 0.25) is 0 Å². The highest BCUT2D eigenvalue weighted by Crippen LogP contribution is 2.32. The standard InChI is InChI=1S/C17H18N2O3/c1-12-5-7-19(8-6-12)13(2)17(20)18-10-14-3-4-15-16(9-14)22-11-21-15/h3-9,13H,10-11H2,1-2H3/p+1/t13-/m1/s1. The fraction of sp³-hybridized carbons (Fsp3) is 0.294. The lowest BCUT2D eigenvalue weighted by molar-refractivity contribution is -0.706. The van der Waals surface area contributed by atoms with Crippen LogP contribution < -0.4 is 19.4 Å². The average molecular weight is 299 g/mol. The molecule has 1 aromatic heterocycles. The molecule has 1 aliphatic rings. The second-order valence-electron chi connectivity index (χ2n) is 5.40. The quantitative estimate of drug-likeness (QED) is 0.877. The lowest BCUT2D eigenvalue weighted by atomic mass is 10.2. The molecule has 0 radical (unpaired) electrons. The second kappa shape index (κ2) is 6.05. The Labute approximate surface area is 129 Å². The van der Waals surface area contributed by atoms with Crippen molar-refractivity contribution in [3.8, 4) is 11.5 Å². The topological polar surface area (TPSA) is 51.4 Å². The number of benzene rings is 1. The van der Waals surface area contributed by atoms with Crippen LogP contribution in [0.3, 0.4) is 0 Å². The van der Waals surface area contributed by atoms with Crippen molar-refractivity contribution in [3.63, 3.8) is 0 Å². The highest BCUT2D eigenvalue weighted by Gasteiger charge is 2.21. The van der Waals surface area contributed by atoms with E-state index in [1.165, 1.54) is 5.56 Å². The Bertz CT molecular complexity index is 683. The monoisotopic (exact) mass is 299 g/mol. The highest BCUT2D eigenvalue weighted by molar-refractivity contribution is 5.78. The number of pyridine rings is 1. The Balaban J connectivity index is 1.61. The smallest absolute Gasteiger partial charge is 0.289 e. The fourth-order valence-electron chi connectivity index (χ4n) is 2.29. The van der Waals surface area contributed by atoms with Crippen molar-refractivity contribution in [1.29, 1.82) is 0 Å². The summed E-state index contributed by atoms with van der Waals surface area (Å²) < 4.78 is 12.5. The molecule has 1 atom stereocenters. The van der Waals surface area contributed by atoms with E-state index in [2.05, 4.69) is 5.32 Å². The molecule has 1 aromatic carbocycles. The highest BCUT2D eigenvalue weighted by atomic mass is 16.7. The average Bonchev–Trinajstić information content (AvgIpc) is 3.00. The van der Waals surface area contributed by atoms with Gasteiger partial charge in [0.25, 0.3) is 5.91 Å². The zero-order chi connectivity index (χ0) is 15.5. The minimum absolute atomic E-state index is 0.0217. The second-order valence-corrected chi connectivity index (χ2v) is 5.40. The lowest BCUT2D eigenvalue weighted by Gasteiger charge is -2.09. The number of nitrogens with one attached hydrogen (secondary N) is 1. The molecule has 0 bridgehead atoms. The lowest BCUT2D eigenvalue weighted by Crippen LogP contribution is -2.46. The third-order valence-corrected chi connectivity index (χ3v) is 3.75. The van der Waals surface area contributed by atoms with Gasteiger partial charge in [-0.1, -0.05) is 6.07 Å². The van der Waals surface area contributed by atoms with E-state index in [4.69, 9.17) is 9.47 Å². The number of aromatic nitrogens is 1. The first-order valence-corrected chi connectivity index (χ1v) is 7.27. The van der Waals surface area contributed by atoms with E-state index < -0.39 is 0 Å². The summed E-state index contributed by atoms with van der Waals surface area (Å²) in [7, 11) is 0. The van der Waals surface area contributed by atoms with Crippen LogP contribution in [0.4, 0.5) is 0 Å². The third-order valence-electron chi connectivity index (χ3n) is 3.75. The molecule has 1 aliphatic heterocycles. The van der Waals surface area contributed by atoms with Gasteiger partial charge in [-0.15, -0.1) is 0 Å². The summed E-state index contributed by atoms with van der Waals surface area (Å²) in [5, 5.41) is 2.95. The van der Waals surface area contributed by atoms with Gasteiger partial charge in [0.1, 0.15) is 0 Å². The van der Waals surface area contributed by atoms with E-state index in [1.54, 1.807) is 0 Å². The van der Waals surface area contributed by atoms with Crippen molar-refractivity contribution in [2.24, 2.45) is 0 Å². The van der Waals surface area contributed by atoms with Gasteiger partial charge >= 0.3 is 0 Å². The van der Waals surface area contributed by atoms with Gasteiger partial charge < -0.3 is 14.8 Å². The maximum Gasteiger partial charge on any atom is 0.289 e. The molecule has 2 aromatic rings. The summed E-state index contributed by atoms with van der Waals surface area (Å²) in [6.45, 7) is 4.62. The van der Waals surface area contributed by atoms with Crippen LogP contribution in [-0.4, -0.2) is 12.7 Å². The summed E-state index contributed by atoms with van der Waals surface area (Å²) in [5.74, 6) is 1.46. The summed E-state index contributed by atoms with van der Waals surface area (Å²) in [6, 6.07) is 9.41. The Morgan fingerprint density at radius 1 is 1.23 bits per heavy atom. The van der Waals surface area contributed by atoms with Crippen molar-refractivity contribution in [2.75, 3.05) is 6.79 Å². The minimum atomic E-state index is -0.255. The molecule has 2 heterocycles.